The molecule has 2 atom stereocenters. The van der Waals surface area contributed by atoms with Gasteiger partial charge in [-0.1, -0.05) is 54.6 Å². The molecule has 2 amide bonds. The number of hydrogen-bond acceptors (Lipinski definition) is 7. The summed E-state index contributed by atoms with van der Waals surface area (Å²) in [6.07, 6.45) is 5.93. The number of amides is 2. The molecule has 3 saturated heterocycles. The van der Waals surface area contributed by atoms with Crippen LogP contribution in [-0.4, -0.2) is 65.2 Å². The van der Waals surface area contributed by atoms with Gasteiger partial charge in [0.05, 0.1) is 29.7 Å². The highest BCUT2D eigenvalue weighted by molar-refractivity contribution is 5.95. The maximum Gasteiger partial charge on any atom is 0.247 e. The van der Waals surface area contributed by atoms with E-state index in [1.807, 2.05) is 53.1 Å². The van der Waals surface area contributed by atoms with Crippen molar-refractivity contribution in [1.29, 1.82) is 0 Å². The van der Waals surface area contributed by atoms with E-state index in [0.717, 1.165) is 65.6 Å². The van der Waals surface area contributed by atoms with Crippen LogP contribution in [-0.2, 0) is 22.6 Å². The zero-order chi connectivity index (χ0) is 35.4. The fraction of sp³-hybridized carbons (Fsp3) is 0.262. The summed E-state index contributed by atoms with van der Waals surface area (Å²) < 4.78 is 8.51. The van der Waals surface area contributed by atoms with E-state index in [4.69, 9.17) is 9.72 Å². The van der Waals surface area contributed by atoms with E-state index in [9.17, 15) is 14.7 Å². The number of carbonyl (C=O) groups excluding carboxylic acids is 2. The van der Waals surface area contributed by atoms with Crippen molar-refractivity contribution in [3.05, 3.63) is 144 Å². The van der Waals surface area contributed by atoms with E-state index in [1.54, 1.807) is 18.5 Å². The standard InChI is InChI=1S/C42H42N6O4/c49-35-12-4-8-30(21-35)26-47-28-45-39(40(47)38-16-18-44-42(38)51)23-29-7-5-13-36(22-29)52-37-14-6-11-33(25-37)48-20-19-46(32-9-2-1-3-10-32)27-34(48)24-31-15-17-43-41(31)50/h1-14,21-22,24-25,28,34,38,49H,15-20,23,26-27H2,(H,43,50)(H,44,51)/b31-24-. The van der Waals surface area contributed by atoms with Gasteiger partial charge in [0.2, 0.25) is 11.8 Å². The van der Waals surface area contributed by atoms with Crippen molar-refractivity contribution in [2.75, 3.05) is 42.5 Å². The Kier molecular flexibility index (Phi) is 9.35. The minimum Gasteiger partial charge on any atom is -0.508 e. The number of rotatable bonds is 10. The molecule has 52 heavy (non-hydrogen) atoms. The van der Waals surface area contributed by atoms with Gasteiger partial charge < -0.3 is 34.8 Å². The van der Waals surface area contributed by atoms with Gasteiger partial charge >= 0.3 is 0 Å². The molecule has 4 heterocycles. The van der Waals surface area contributed by atoms with Crippen LogP contribution in [0.3, 0.4) is 0 Å². The maximum atomic E-state index is 12.9. The molecule has 3 aliphatic heterocycles. The van der Waals surface area contributed by atoms with Crippen LogP contribution in [0.1, 0.15) is 41.3 Å². The van der Waals surface area contributed by atoms with Crippen molar-refractivity contribution in [3.63, 3.8) is 0 Å². The summed E-state index contributed by atoms with van der Waals surface area (Å²) in [4.78, 5) is 35.0. The Morgan fingerprint density at radius 2 is 1.62 bits per heavy atom. The molecule has 3 aliphatic rings. The van der Waals surface area contributed by atoms with Gasteiger partial charge in [0.1, 0.15) is 17.2 Å². The van der Waals surface area contributed by atoms with Crippen LogP contribution in [0.15, 0.2) is 121 Å². The number of carbonyl (C=O) groups is 2. The third kappa shape index (κ3) is 7.23. The van der Waals surface area contributed by atoms with Crippen LogP contribution in [0.4, 0.5) is 11.4 Å². The lowest BCUT2D eigenvalue weighted by Crippen LogP contribution is -2.53. The van der Waals surface area contributed by atoms with Gasteiger partial charge in [-0.2, -0.15) is 0 Å². The number of nitrogens with one attached hydrogen (secondary N) is 2. The number of para-hydroxylation sites is 1. The summed E-state index contributed by atoms with van der Waals surface area (Å²) in [6.45, 7) is 4.24. The fourth-order valence-corrected chi connectivity index (χ4v) is 7.65. The van der Waals surface area contributed by atoms with Crippen LogP contribution in [0.5, 0.6) is 17.2 Å². The minimum atomic E-state index is -0.283. The van der Waals surface area contributed by atoms with Gasteiger partial charge in [0.25, 0.3) is 0 Å². The van der Waals surface area contributed by atoms with E-state index in [0.29, 0.717) is 38.2 Å². The number of phenolic OH excluding ortho intramolecular Hbond substituents is 1. The number of ether oxygens (including phenoxy) is 1. The molecule has 1 aromatic heterocycles. The van der Waals surface area contributed by atoms with E-state index in [1.165, 1.54) is 5.69 Å². The molecule has 0 radical (unpaired) electrons. The first-order chi connectivity index (χ1) is 25.5. The fourth-order valence-electron chi connectivity index (χ4n) is 7.65. The van der Waals surface area contributed by atoms with Crippen LogP contribution >= 0.6 is 0 Å². The predicted molar refractivity (Wildman–Crippen MR) is 201 cm³/mol. The SMILES string of the molecule is O=C1NCC/C1=C/C1CN(c2ccccc2)CCN1c1cccc(Oc2cccc(Cc3ncn(Cc4cccc(O)c4)c3C3CCNC3=O)c2)c1. The molecule has 10 heteroatoms. The topological polar surface area (TPSA) is 112 Å². The van der Waals surface area contributed by atoms with Crippen LogP contribution < -0.4 is 25.2 Å². The summed E-state index contributed by atoms with van der Waals surface area (Å²) in [5.41, 5.74) is 6.78. The number of aromatic hydroxyl groups is 1. The Morgan fingerprint density at radius 1 is 0.827 bits per heavy atom. The average Bonchev–Trinajstić information content (AvgIpc) is 3.88. The lowest BCUT2D eigenvalue weighted by Gasteiger charge is -2.43. The number of imidazole rings is 1. The molecular weight excluding hydrogens is 653 g/mol. The van der Waals surface area contributed by atoms with E-state index >= 15 is 0 Å². The smallest absolute Gasteiger partial charge is 0.247 e. The summed E-state index contributed by atoms with van der Waals surface area (Å²) in [5.74, 6) is 1.40. The number of nitrogens with zero attached hydrogens (tertiary/aromatic N) is 4. The first-order valence-corrected chi connectivity index (χ1v) is 18.0. The van der Waals surface area contributed by atoms with Crippen molar-refractivity contribution < 1.29 is 19.4 Å². The Labute approximate surface area is 303 Å². The van der Waals surface area contributed by atoms with Gasteiger partial charge in [-0.25, -0.2) is 4.98 Å². The van der Waals surface area contributed by atoms with E-state index in [2.05, 4.69) is 69.0 Å². The normalized spacial score (nSPS) is 19.6. The highest BCUT2D eigenvalue weighted by Crippen LogP contribution is 2.33. The molecule has 2 unspecified atom stereocenters. The largest absolute Gasteiger partial charge is 0.508 e. The second-order valence-electron chi connectivity index (χ2n) is 13.7. The molecular formula is C42H42N6O4. The molecule has 264 valence electrons. The molecule has 0 spiro atoms. The Balaban J connectivity index is 1.02. The van der Waals surface area contributed by atoms with Crippen molar-refractivity contribution in [2.45, 2.75) is 37.8 Å². The van der Waals surface area contributed by atoms with E-state index in [-0.39, 0.29) is 29.5 Å². The zero-order valence-corrected chi connectivity index (χ0v) is 28.9. The van der Waals surface area contributed by atoms with Crippen LogP contribution in [0.25, 0.3) is 0 Å². The maximum absolute atomic E-state index is 12.9. The number of hydrogen-bond donors (Lipinski definition) is 3. The number of aromatic nitrogens is 2. The molecule has 3 N–H and O–H groups in total. The summed E-state index contributed by atoms with van der Waals surface area (Å²) >= 11 is 0. The molecule has 4 aromatic carbocycles. The summed E-state index contributed by atoms with van der Waals surface area (Å²) in [5, 5.41) is 16.0. The Hall–Kier alpha value is -6.03. The monoisotopic (exact) mass is 694 g/mol. The molecule has 10 nitrogen and oxygen atoms in total. The minimum absolute atomic E-state index is 0.00918. The second kappa shape index (κ2) is 14.7. The molecule has 5 aromatic rings. The third-order valence-electron chi connectivity index (χ3n) is 10.2. The number of piperazine rings is 1. The summed E-state index contributed by atoms with van der Waals surface area (Å²) in [7, 11) is 0. The first kappa shape index (κ1) is 33.1. The lowest BCUT2D eigenvalue weighted by molar-refractivity contribution is -0.120. The van der Waals surface area contributed by atoms with Crippen LogP contribution in [0, 0.1) is 0 Å². The van der Waals surface area contributed by atoms with Gasteiger partial charge in [-0.05, 0) is 72.5 Å². The molecule has 0 aliphatic carbocycles. The molecule has 0 saturated carbocycles. The highest BCUT2D eigenvalue weighted by atomic mass is 16.5. The van der Waals surface area contributed by atoms with Gasteiger partial charge in [0, 0.05) is 68.7 Å². The molecule has 3 fully saturated rings. The quantitative estimate of drug-likeness (QED) is 0.159. The number of phenols is 1. The van der Waals surface area contributed by atoms with Crippen molar-refractivity contribution in [3.8, 4) is 17.2 Å². The molecule has 0 bridgehead atoms. The van der Waals surface area contributed by atoms with Crippen molar-refractivity contribution >= 4 is 23.2 Å². The highest BCUT2D eigenvalue weighted by Gasteiger charge is 2.32. The zero-order valence-electron chi connectivity index (χ0n) is 28.9. The Morgan fingerprint density at radius 3 is 2.40 bits per heavy atom. The van der Waals surface area contributed by atoms with Gasteiger partial charge in [-0.15, -0.1) is 0 Å². The number of anilines is 2. The average molecular weight is 695 g/mol. The van der Waals surface area contributed by atoms with E-state index < -0.39 is 0 Å². The molecule has 8 rings (SSSR count). The Bertz CT molecular complexity index is 2110. The lowest BCUT2D eigenvalue weighted by atomic mass is 9.98. The van der Waals surface area contributed by atoms with Crippen LogP contribution in [0.2, 0.25) is 0 Å². The number of benzene rings is 4. The predicted octanol–water partition coefficient (Wildman–Crippen LogP) is 5.77. The summed E-state index contributed by atoms with van der Waals surface area (Å²) in [6, 6.07) is 33.8. The van der Waals surface area contributed by atoms with Crippen molar-refractivity contribution in [1.82, 2.24) is 20.2 Å². The van der Waals surface area contributed by atoms with Crippen molar-refractivity contribution in [2.24, 2.45) is 0 Å². The first-order valence-electron chi connectivity index (χ1n) is 18.0. The van der Waals surface area contributed by atoms with Gasteiger partial charge in [0.15, 0.2) is 0 Å². The second-order valence-corrected chi connectivity index (χ2v) is 13.7. The third-order valence-corrected chi connectivity index (χ3v) is 10.2. The van der Waals surface area contributed by atoms with Gasteiger partial charge in [-0.3, -0.25) is 9.59 Å².